The van der Waals surface area contributed by atoms with Crippen LogP contribution < -0.4 is 10.6 Å². The summed E-state index contributed by atoms with van der Waals surface area (Å²) in [5, 5.41) is 6.55. The van der Waals surface area contributed by atoms with Gasteiger partial charge in [0.15, 0.2) is 0 Å². The molecule has 0 aliphatic carbocycles. The molecule has 2 aliphatic heterocycles. The molecule has 1 amide bonds. The first-order valence-corrected chi connectivity index (χ1v) is 7.03. The van der Waals surface area contributed by atoms with Gasteiger partial charge in [0.1, 0.15) is 0 Å². The number of benzene rings is 1. The average Bonchev–Trinajstić information content (AvgIpc) is 2.83. The molecule has 19 heavy (non-hydrogen) atoms. The number of likely N-dealkylation sites (tertiary alicyclic amines) is 1. The summed E-state index contributed by atoms with van der Waals surface area (Å²) < 4.78 is 0. The van der Waals surface area contributed by atoms with Crippen LogP contribution in [0.25, 0.3) is 0 Å². The minimum Gasteiger partial charge on any atom is -0.384 e. The van der Waals surface area contributed by atoms with Gasteiger partial charge in [0.25, 0.3) is 0 Å². The number of likely N-dealkylation sites (N-methyl/N-ethyl adjacent to an activating group) is 1. The first-order chi connectivity index (χ1) is 9.22. The molecule has 0 radical (unpaired) electrons. The molecule has 4 nitrogen and oxygen atoms in total. The van der Waals surface area contributed by atoms with Crippen molar-refractivity contribution in [2.24, 2.45) is 5.92 Å². The van der Waals surface area contributed by atoms with Crippen LogP contribution >= 0.6 is 0 Å². The summed E-state index contributed by atoms with van der Waals surface area (Å²) in [4.78, 5) is 14.6. The summed E-state index contributed by atoms with van der Waals surface area (Å²) in [5.74, 6) is 0.253. The van der Waals surface area contributed by atoms with Crippen LogP contribution in [0.5, 0.6) is 0 Å². The summed E-state index contributed by atoms with van der Waals surface area (Å²) in [7, 11) is 2.10. The predicted octanol–water partition coefficient (Wildman–Crippen LogP) is 1.09. The quantitative estimate of drug-likeness (QED) is 0.835. The fourth-order valence-corrected chi connectivity index (χ4v) is 3.00. The number of amides is 1. The van der Waals surface area contributed by atoms with Crippen molar-refractivity contribution in [3.8, 4) is 0 Å². The van der Waals surface area contributed by atoms with Crippen LogP contribution in [-0.2, 0) is 11.2 Å². The van der Waals surface area contributed by atoms with Crippen LogP contribution in [0.15, 0.2) is 24.3 Å². The molecule has 2 atom stereocenters. The van der Waals surface area contributed by atoms with E-state index in [1.807, 2.05) is 12.1 Å². The highest BCUT2D eigenvalue weighted by atomic mass is 16.2. The highest BCUT2D eigenvalue weighted by Crippen LogP contribution is 2.24. The lowest BCUT2D eigenvalue weighted by molar-refractivity contribution is -0.125. The maximum absolute atomic E-state index is 12.3. The van der Waals surface area contributed by atoms with Crippen molar-refractivity contribution >= 4 is 11.6 Å². The summed E-state index contributed by atoms with van der Waals surface area (Å²) in [5.41, 5.74) is 2.42. The Morgan fingerprint density at radius 3 is 3.05 bits per heavy atom. The molecule has 2 heterocycles. The lowest BCUT2D eigenvalue weighted by Gasteiger charge is -2.26. The number of carbonyl (C=O) groups is 1. The Kier molecular flexibility index (Phi) is 3.42. The van der Waals surface area contributed by atoms with Gasteiger partial charge < -0.3 is 15.5 Å². The van der Waals surface area contributed by atoms with E-state index in [-0.39, 0.29) is 11.8 Å². The fourth-order valence-electron chi connectivity index (χ4n) is 3.00. The van der Waals surface area contributed by atoms with E-state index in [4.69, 9.17) is 0 Å². The smallest absolute Gasteiger partial charge is 0.225 e. The Labute approximate surface area is 114 Å². The molecule has 1 fully saturated rings. The Morgan fingerprint density at radius 2 is 2.26 bits per heavy atom. The van der Waals surface area contributed by atoms with Gasteiger partial charge in [-0.05, 0) is 38.1 Å². The summed E-state index contributed by atoms with van der Waals surface area (Å²) in [6.07, 6.45) is 1.91. The maximum Gasteiger partial charge on any atom is 0.225 e. The molecule has 1 aromatic rings. The third-order valence-corrected chi connectivity index (χ3v) is 4.13. The predicted molar refractivity (Wildman–Crippen MR) is 76.2 cm³/mol. The van der Waals surface area contributed by atoms with Gasteiger partial charge in [-0.25, -0.2) is 0 Å². The van der Waals surface area contributed by atoms with Crippen molar-refractivity contribution in [2.45, 2.75) is 18.9 Å². The van der Waals surface area contributed by atoms with E-state index in [1.165, 1.54) is 11.3 Å². The normalized spacial score (nSPS) is 26.6. The zero-order valence-electron chi connectivity index (χ0n) is 11.4. The molecule has 0 bridgehead atoms. The standard InChI is InChI=1S/C15H21N3O/c1-18-7-6-13(10-18)17-15(19)12-8-11-4-2-3-5-14(11)16-9-12/h2-5,12-13,16H,6-10H2,1H3,(H,17,19). The van der Waals surface area contributed by atoms with Gasteiger partial charge in [0.2, 0.25) is 5.91 Å². The SMILES string of the molecule is CN1CCC(NC(=O)C2CNc3ccccc3C2)C1. The molecule has 4 heteroatoms. The van der Waals surface area contributed by atoms with Crippen molar-refractivity contribution in [3.05, 3.63) is 29.8 Å². The monoisotopic (exact) mass is 259 g/mol. The molecule has 0 spiro atoms. The van der Waals surface area contributed by atoms with Crippen LogP contribution in [0.4, 0.5) is 5.69 Å². The molecule has 1 aromatic carbocycles. The van der Waals surface area contributed by atoms with Gasteiger partial charge in [-0.15, -0.1) is 0 Å². The van der Waals surface area contributed by atoms with Crippen LogP contribution in [0.1, 0.15) is 12.0 Å². The lowest BCUT2D eigenvalue weighted by atomic mass is 9.93. The van der Waals surface area contributed by atoms with E-state index in [0.717, 1.165) is 32.5 Å². The van der Waals surface area contributed by atoms with Crippen molar-refractivity contribution in [1.82, 2.24) is 10.2 Å². The summed E-state index contributed by atoms with van der Waals surface area (Å²) in [6.45, 7) is 2.80. The van der Waals surface area contributed by atoms with E-state index < -0.39 is 0 Å². The summed E-state index contributed by atoms with van der Waals surface area (Å²) in [6, 6.07) is 8.57. The number of carbonyl (C=O) groups excluding carboxylic acids is 1. The van der Waals surface area contributed by atoms with Crippen LogP contribution in [0.2, 0.25) is 0 Å². The molecule has 102 valence electrons. The van der Waals surface area contributed by atoms with Gasteiger partial charge in [-0.1, -0.05) is 18.2 Å². The van der Waals surface area contributed by atoms with Crippen molar-refractivity contribution in [3.63, 3.8) is 0 Å². The molecular formula is C15H21N3O. The molecule has 2 N–H and O–H groups in total. The van der Waals surface area contributed by atoms with Crippen LogP contribution in [0.3, 0.4) is 0 Å². The van der Waals surface area contributed by atoms with Gasteiger partial charge >= 0.3 is 0 Å². The van der Waals surface area contributed by atoms with Gasteiger partial charge in [0.05, 0.1) is 5.92 Å². The molecule has 1 saturated heterocycles. The number of nitrogens with zero attached hydrogens (tertiary/aromatic N) is 1. The second-order valence-corrected chi connectivity index (χ2v) is 5.70. The maximum atomic E-state index is 12.3. The molecule has 0 saturated carbocycles. The second-order valence-electron chi connectivity index (χ2n) is 5.70. The van der Waals surface area contributed by atoms with Crippen molar-refractivity contribution in [2.75, 3.05) is 32.0 Å². The van der Waals surface area contributed by atoms with E-state index in [0.29, 0.717) is 6.04 Å². The van der Waals surface area contributed by atoms with Gasteiger partial charge in [-0.2, -0.15) is 0 Å². The Hall–Kier alpha value is -1.55. The van der Waals surface area contributed by atoms with E-state index in [9.17, 15) is 4.79 Å². The highest BCUT2D eigenvalue weighted by molar-refractivity contribution is 5.81. The third kappa shape index (κ3) is 2.73. The minimum absolute atomic E-state index is 0.0563. The molecule has 2 unspecified atom stereocenters. The van der Waals surface area contributed by atoms with Gasteiger partial charge in [0, 0.05) is 24.8 Å². The lowest BCUT2D eigenvalue weighted by Crippen LogP contribution is -2.43. The topological polar surface area (TPSA) is 44.4 Å². The average molecular weight is 259 g/mol. The summed E-state index contributed by atoms with van der Waals surface area (Å²) >= 11 is 0. The molecule has 2 aliphatic rings. The zero-order valence-corrected chi connectivity index (χ0v) is 11.4. The number of hydrogen-bond acceptors (Lipinski definition) is 3. The zero-order chi connectivity index (χ0) is 13.2. The number of anilines is 1. The van der Waals surface area contributed by atoms with Crippen LogP contribution in [0, 0.1) is 5.92 Å². The van der Waals surface area contributed by atoms with E-state index >= 15 is 0 Å². The van der Waals surface area contributed by atoms with Gasteiger partial charge in [-0.3, -0.25) is 4.79 Å². The van der Waals surface area contributed by atoms with Crippen molar-refractivity contribution in [1.29, 1.82) is 0 Å². The highest BCUT2D eigenvalue weighted by Gasteiger charge is 2.27. The van der Waals surface area contributed by atoms with E-state index in [2.05, 4.69) is 34.7 Å². The number of hydrogen-bond donors (Lipinski definition) is 2. The van der Waals surface area contributed by atoms with E-state index in [1.54, 1.807) is 0 Å². The number of nitrogens with one attached hydrogen (secondary N) is 2. The molecular weight excluding hydrogens is 238 g/mol. The Balaban J connectivity index is 1.60. The van der Waals surface area contributed by atoms with Crippen LogP contribution in [-0.4, -0.2) is 43.5 Å². The fraction of sp³-hybridized carbons (Fsp3) is 0.533. The second kappa shape index (κ2) is 5.21. The minimum atomic E-state index is 0.0563. The number of para-hydroxylation sites is 1. The number of rotatable bonds is 2. The Morgan fingerprint density at radius 1 is 1.42 bits per heavy atom. The number of fused-ring (bicyclic) bond motifs is 1. The largest absolute Gasteiger partial charge is 0.384 e. The Bertz CT molecular complexity index is 474. The van der Waals surface area contributed by atoms with Crippen molar-refractivity contribution < 1.29 is 4.79 Å². The molecule has 3 rings (SSSR count). The first-order valence-electron chi connectivity index (χ1n) is 7.03. The third-order valence-electron chi connectivity index (χ3n) is 4.13. The first kappa shape index (κ1) is 12.5. The molecule has 0 aromatic heterocycles.